The molecule has 0 spiro atoms. The van der Waals surface area contributed by atoms with Gasteiger partial charge in [-0.25, -0.2) is 0 Å². The van der Waals surface area contributed by atoms with Gasteiger partial charge in [0.05, 0.1) is 0 Å². The number of rotatable bonds is 6. The number of para-hydroxylation sites is 1. The first-order valence-electron chi connectivity index (χ1n) is 6.85. The van der Waals surface area contributed by atoms with E-state index in [2.05, 4.69) is 4.90 Å². The van der Waals surface area contributed by atoms with Crippen molar-refractivity contribution in [3.63, 3.8) is 0 Å². The zero-order valence-electron chi connectivity index (χ0n) is 11.5. The smallest absolute Gasteiger partial charge is 0.123 e. The SMILES string of the molecule is NCc1ccccc1OCC(O)CN1CCS(=O)CC1. The summed E-state index contributed by atoms with van der Waals surface area (Å²) in [5.74, 6) is 2.13. The summed E-state index contributed by atoms with van der Waals surface area (Å²) < 4.78 is 16.9. The number of β-amino-alcohol motifs (C(OH)–C–C–N with tert-alkyl or cyclic N) is 1. The molecule has 0 aromatic heterocycles. The first-order chi connectivity index (χ1) is 9.69. The topological polar surface area (TPSA) is 75.8 Å². The van der Waals surface area contributed by atoms with Gasteiger partial charge in [-0.2, -0.15) is 0 Å². The number of nitrogens with zero attached hydrogens (tertiary/aromatic N) is 1. The van der Waals surface area contributed by atoms with Gasteiger partial charge in [-0.3, -0.25) is 9.11 Å². The molecule has 0 bridgehead atoms. The molecule has 6 heteroatoms. The Morgan fingerprint density at radius 1 is 1.35 bits per heavy atom. The highest BCUT2D eigenvalue weighted by atomic mass is 32.2. The van der Waals surface area contributed by atoms with Crippen LogP contribution < -0.4 is 10.5 Å². The van der Waals surface area contributed by atoms with Crippen molar-refractivity contribution in [1.82, 2.24) is 4.90 Å². The Balaban J connectivity index is 1.77. The lowest BCUT2D eigenvalue weighted by Crippen LogP contribution is -2.43. The molecular weight excluding hydrogens is 276 g/mol. The van der Waals surface area contributed by atoms with Crippen LogP contribution in [0, 0.1) is 0 Å². The van der Waals surface area contributed by atoms with E-state index in [1.165, 1.54) is 0 Å². The molecule has 3 N–H and O–H groups in total. The molecule has 0 aliphatic carbocycles. The molecule has 20 heavy (non-hydrogen) atoms. The Labute approximate surface area is 122 Å². The average Bonchev–Trinajstić information content (AvgIpc) is 2.48. The minimum Gasteiger partial charge on any atom is -0.491 e. The summed E-state index contributed by atoms with van der Waals surface area (Å²) in [5.41, 5.74) is 6.58. The zero-order valence-corrected chi connectivity index (χ0v) is 12.3. The van der Waals surface area contributed by atoms with Crippen molar-refractivity contribution in [2.24, 2.45) is 5.73 Å². The van der Waals surface area contributed by atoms with Gasteiger partial charge >= 0.3 is 0 Å². The van der Waals surface area contributed by atoms with Crippen molar-refractivity contribution < 1.29 is 14.1 Å². The highest BCUT2D eigenvalue weighted by Gasteiger charge is 2.18. The fourth-order valence-corrected chi connectivity index (χ4v) is 3.34. The van der Waals surface area contributed by atoms with Crippen LogP contribution in [0.3, 0.4) is 0 Å². The number of hydrogen-bond acceptors (Lipinski definition) is 5. The maximum atomic E-state index is 11.3. The van der Waals surface area contributed by atoms with Crippen molar-refractivity contribution in [3.8, 4) is 5.75 Å². The lowest BCUT2D eigenvalue weighted by molar-refractivity contribution is 0.0709. The predicted molar refractivity (Wildman–Crippen MR) is 80.2 cm³/mol. The second-order valence-corrected chi connectivity index (χ2v) is 6.62. The minimum atomic E-state index is -0.682. The Morgan fingerprint density at radius 3 is 2.75 bits per heavy atom. The molecule has 112 valence electrons. The Hall–Kier alpha value is -0.950. The molecule has 0 radical (unpaired) electrons. The van der Waals surface area contributed by atoms with Gasteiger partial charge in [0.2, 0.25) is 0 Å². The summed E-state index contributed by atoms with van der Waals surface area (Å²) in [6.07, 6.45) is -0.549. The molecule has 0 amide bonds. The van der Waals surface area contributed by atoms with Crippen LogP contribution in [0.15, 0.2) is 24.3 Å². The number of ether oxygens (including phenoxy) is 1. The van der Waals surface area contributed by atoms with Crippen LogP contribution in [0.2, 0.25) is 0 Å². The first kappa shape index (κ1) is 15.4. The van der Waals surface area contributed by atoms with Gasteiger partial charge in [0.15, 0.2) is 0 Å². The lowest BCUT2D eigenvalue weighted by Gasteiger charge is -2.28. The Morgan fingerprint density at radius 2 is 2.05 bits per heavy atom. The Bertz CT molecular complexity index is 446. The van der Waals surface area contributed by atoms with Crippen molar-refractivity contribution in [2.75, 3.05) is 37.7 Å². The molecule has 1 aromatic carbocycles. The van der Waals surface area contributed by atoms with E-state index in [1.54, 1.807) is 0 Å². The maximum Gasteiger partial charge on any atom is 0.123 e. The fourth-order valence-electron chi connectivity index (χ4n) is 2.21. The molecular formula is C14H22N2O3S. The van der Waals surface area contributed by atoms with E-state index in [-0.39, 0.29) is 6.61 Å². The number of aliphatic hydroxyl groups is 1. The van der Waals surface area contributed by atoms with E-state index in [9.17, 15) is 9.32 Å². The minimum absolute atomic E-state index is 0.247. The fraction of sp³-hybridized carbons (Fsp3) is 0.571. The van der Waals surface area contributed by atoms with Gasteiger partial charge in [-0.15, -0.1) is 0 Å². The third kappa shape index (κ3) is 4.56. The van der Waals surface area contributed by atoms with Crippen LogP contribution >= 0.6 is 0 Å². The summed E-state index contributed by atoms with van der Waals surface area (Å²) in [5, 5.41) is 10.0. The second kappa shape index (κ2) is 7.73. The van der Waals surface area contributed by atoms with Crippen LogP contribution in [0.1, 0.15) is 5.56 Å². The molecule has 0 saturated carbocycles. The monoisotopic (exact) mass is 298 g/mol. The largest absolute Gasteiger partial charge is 0.491 e. The van der Waals surface area contributed by atoms with Gasteiger partial charge in [0, 0.05) is 54.0 Å². The Kier molecular flexibility index (Phi) is 5.97. The van der Waals surface area contributed by atoms with Gasteiger partial charge < -0.3 is 15.6 Å². The van der Waals surface area contributed by atoms with Gasteiger partial charge in [-0.05, 0) is 6.07 Å². The number of nitrogens with two attached hydrogens (primary N) is 1. The zero-order chi connectivity index (χ0) is 14.4. The lowest BCUT2D eigenvalue weighted by atomic mass is 10.2. The normalized spacial score (nSPS) is 18.9. The molecule has 1 fully saturated rings. The van der Waals surface area contributed by atoms with Crippen molar-refractivity contribution in [1.29, 1.82) is 0 Å². The van der Waals surface area contributed by atoms with Gasteiger partial charge in [-0.1, -0.05) is 18.2 Å². The molecule has 5 nitrogen and oxygen atoms in total. The first-order valence-corrected chi connectivity index (χ1v) is 8.34. The summed E-state index contributed by atoms with van der Waals surface area (Å²) in [6, 6.07) is 7.58. The summed E-state index contributed by atoms with van der Waals surface area (Å²) in [7, 11) is -0.682. The van der Waals surface area contributed by atoms with Crippen LogP contribution in [-0.2, 0) is 17.3 Å². The van der Waals surface area contributed by atoms with E-state index < -0.39 is 16.9 Å². The van der Waals surface area contributed by atoms with Gasteiger partial charge in [0.25, 0.3) is 0 Å². The number of benzene rings is 1. The highest BCUT2D eigenvalue weighted by molar-refractivity contribution is 7.85. The number of hydrogen-bond donors (Lipinski definition) is 2. The standard InChI is InChI=1S/C14H22N2O3S/c15-9-12-3-1-2-4-14(12)19-11-13(17)10-16-5-7-20(18)8-6-16/h1-4,13,17H,5-11,15H2. The van der Waals surface area contributed by atoms with E-state index >= 15 is 0 Å². The average molecular weight is 298 g/mol. The molecule has 1 atom stereocenters. The van der Waals surface area contributed by atoms with Crippen LogP contribution in [0.4, 0.5) is 0 Å². The van der Waals surface area contributed by atoms with Crippen LogP contribution in [0.25, 0.3) is 0 Å². The van der Waals surface area contributed by atoms with Crippen molar-refractivity contribution in [3.05, 3.63) is 29.8 Å². The molecule has 1 heterocycles. The van der Waals surface area contributed by atoms with E-state index in [4.69, 9.17) is 10.5 Å². The van der Waals surface area contributed by atoms with E-state index in [0.29, 0.717) is 24.6 Å². The summed E-state index contributed by atoms with van der Waals surface area (Å²) >= 11 is 0. The third-order valence-electron chi connectivity index (χ3n) is 3.36. The van der Waals surface area contributed by atoms with Crippen LogP contribution in [0.5, 0.6) is 5.75 Å². The molecule has 1 aliphatic rings. The molecule has 1 saturated heterocycles. The van der Waals surface area contributed by atoms with E-state index in [1.807, 2.05) is 24.3 Å². The summed E-state index contributed by atoms with van der Waals surface area (Å²) in [4.78, 5) is 2.13. The second-order valence-electron chi connectivity index (χ2n) is 4.93. The third-order valence-corrected chi connectivity index (χ3v) is 4.64. The molecule has 2 rings (SSSR count). The predicted octanol–water partition coefficient (Wildman–Crippen LogP) is -0.0507. The molecule has 1 unspecified atom stereocenters. The van der Waals surface area contributed by atoms with Crippen LogP contribution in [-0.4, -0.2) is 58.1 Å². The summed E-state index contributed by atoms with van der Waals surface area (Å²) in [6.45, 7) is 2.79. The molecule has 1 aromatic rings. The quantitative estimate of drug-likeness (QED) is 0.770. The highest BCUT2D eigenvalue weighted by Crippen LogP contribution is 2.17. The molecule has 1 aliphatic heterocycles. The maximum absolute atomic E-state index is 11.3. The number of aliphatic hydroxyl groups excluding tert-OH is 1. The van der Waals surface area contributed by atoms with Crippen molar-refractivity contribution in [2.45, 2.75) is 12.6 Å². The van der Waals surface area contributed by atoms with Gasteiger partial charge in [0.1, 0.15) is 18.5 Å². The van der Waals surface area contributed by atoms with E-state index in [0.717, 1.165) is 24.4 Å². The van der Waals surface area contributed by atoms with Crippen molar-refractivity contribution >= 4 is 10.8 Å².